The molecule has 1 aromatic carbocycles. The third-order valence-corrected chi connectivity index (χ3v) is 3.74. The molecule has 1 nitrogen and oxygen atoms in total. The van der Waals surface area contributed by atoms with E-state index in [0.29, 0.717) is 0 Å². The topological polar surface area (TPSA) is 3.24 Å². The maximum atomic E-state index is 3.19. The third-order valence-electron chi connectivity index (χ3n) is 3.74. The summed E-state index contributed by atoms with van der Waals surface area (Å²) in [6, 6.07) is 11.5. The summed E-state index contributed by atoms with van der Waals surface area (Å²) in [5, 5.41) is 0. The molecule has 2 heteroatoms. The van der Waals surface area contributed by atoms with Gasteiger partial charge in [-0.3, -0.25) is 0 Å². The molecule has 0 N–H and O–H groups in total. The largest absolute Gasteiger partial charge is 1.00 e. The molecule has 0 aliphatic carbocycles. The van der Waals surface area contributed by atoms with Crippen molar-refractivity contribution in [1.82, 2.24) is 0 Å². The van der Waals surface area contributed by atoms with Crippen molar-refractivity contribution >= 4 is 5.69 Å². The summed E-state index contributed by atoms with van der Waals surface area (Å²) in [6.07, 6.45) is 3.86. The fourth-order valence-corrected chi connectivity index (χ4v) is 3.22. The van der Waals surface area contributed by atoms with Gasteiger partial charge in [-0.25, -0.2) is 0 Å². The normalized spacial score (nSPS) is 21.8. The van der Waals surface area contributed by atoms with Gasteiger partial charge in [0, 0.05) is 11.1 Å². The van der Waals surface area contributed by atoms with Crippen LogP contribution in [-0.4, -0.2) is 11.1 Å². The summed E-state index contributed by atoms with van der Waals surface area (Å²) in [6.45, 7) is 9.39. The van der Waals surface area contributed by atoms with E-state index in [2.05, 4.69) is 56.9 Å². The van der Waals surface area contributed by atoms with Gasteiger partial charge in [0.25, 0.3) is 0 Å². The van der Waals surface area contributed by atoms with Gasteiger partial charge in [-0.05, 0) is 47.0 Å². The molecule has 1 saturated heterocycles. The Balaban J connectivity index is 0.00000144. The second-order valence-corrected chi connectivity index (χ2v) is 6.08. The smallest absolute Gasteiger partial charge is 0.414 e. The first-order valence-electron chi connectivity index (χ1n) is 6.20. The molecule has 0 bridgehead atoms. The molecule has 1 heterocycles. The zero-order valence-electron chi connectivity index (χ0n) is 11.9. The van der Waals surface area contributed by atoms with Crippen LogP contribution in [-0.2, 0) is 0 Å². The van der Waals surface area contributed by atoms with Crippen molar-refractivity contribution < 1.29 is 51.4 Å². The summed E-state index contributed by atoms with van der Waals surface area (Å²) >= 11 is 0. The second-order valence-electron chi connectivity index (χ2n) is 6.08. The van der Waals surface area contributed by atoms with Crippen LogP contribution >= 0.6 is 0 Å². The molecule has 0 saturated carbocycles. The van der Waals surface area contributed by atoms with Gasteiger partial charge < -0.3 is 4.90 Å². The number of nitrogens with zero attached hydrogens (tertiary/aromatic N) is 1. The Hall–Kier alpha value is 0.656. The van der Waals surface area contributed by atoms with Crippen LogP contribution in [0, 0.1) is 6.07 Å². The minimum Gasteiger partial charge on any atom is -0.414 e. The third kappa shape index (κ3) is 3.36. The molecule has 1 aliphatic rings. The van der Waals surface area contributed by atoms with Gasteiger partial charge in [0.1, 0.15) is 0 Å². The Morgan fingerprint density at radius 3 is 2.18 bits per heavy atom. The van der Waals surface area contributed by atoms with Crippen molar-refractivity contribution in [2.24, 2.45) is 0 Å². The average Bonchev–Trinajstić information content (AvgIpc) is 2.16. The van der Waals surface area contributed by atoms with E-state index in [0.717, 1.165) is 0 Å². The van der Waals surface area contributed by atoms with E-state index in [1.54, 1.807) is 0 Å². The Labute approximate surface area is 148 Å². The van der Waals surface area contributed by atoms with Gasteiger partial charge >= 0.3 is 51.4 Å². The van der Waals surface area contributed by atoms with Crippen molar-refractivity contribution in [3.8, 4) is 0 Å². The maximum Gasteiger partial charge on any atom is 1.00 e. The van der Waals surface area contributed by atoms with Crippen molar-refractivity contribution in [3.63, 3.8) is 0 Å². The van der Waals surface area contributed by atoms with Crippen molar-refractivity contribution in [2.45, 2.75) is 58.0 Å². The predicted octanol–water partition coefficient (Wildman–Crippen LogP) is 1.04. The first-order valence-corrected chi connectivity index (χ1v) is 6.20. The van der Waals surface area contributed by atoms with E-state index in [-0.39, 0.29) is 62.5 Å². The molecule has 2 rings (SSSR count). The summed E-state index contributed by atoms with van der Waals surface area (Å²) < 4.78 is 0. The zero-order valence-corrected chi connectivity index (χ0v) is 15.0. The predicted molar refractivity (Wildman–Crippen MR) is 69.8 cm³/mol. The Kier molecular flexibility index (Phi) is 5.31. The maximum absolute atomic E-state index is 3.19. The van der Waals surface area contributed by atoms with Crippen LogP contribution < -0.4 is 56.3 Å². The first kappa shape index (κ1) is 15.7. The number of anilines is 1. The van der Waals surface area contributed by atoms with Crippen LogP contribution in [0.5, 0.6) is 0 Å². The van der Waals surface area contributed by atoms with Crippen molar-refractivity contribution in [1.29, 1.82) is 0 Å². The molecule has 0 aromatic heterocycles. The fourth-order valence-electron chi connectivity index (χ4n) is 3.22. The quantitative estimate of drug-likeness (QED) is 0.535. The summed E-state index contributed by atoms with van der Waals surface area (Å²) in [7, 11) is 0. The Morgan fingerprint density at radius 1 is 1.12 bits per heavy atom. The Bertz CT molecular complexity index is 340. The molecular weight excluding hydrogens is 233 g/mol. The van der Waals surface area contributed by atoms with E-state index in [1.165, 1.54) is 24.9 Å². The number of piperidine rings is 1. The molecule has 1 fully saturated rings. The second kappa shape index (κ2) is 5.75. The summed E-state index contributed by atoms with van der Waals surface area (Å²) in [4.78, 5) is 2.57. The van der Waals surface area contributed by atoms with E-state index in [4.69, 9.17) is 0 Å². The monoisotopic (exact) mass is 255 g/mol. The molecular formula is C15H22KN. The van der Waals surface area contributed by atoms with Gasteiger partial charge in [0.15, 0.2) is 0 Å². The van der Waals surface area contributed by atoms with Gasteiger partial charge in [0.05, 0.1) is 0 Å². The first-order chi connectivity index (χ1) is 7.43. The molecule has 1 aliphatic heterocycles. The van der Waals surface area contributed by atoms with Crippen LogP contribution in [0.25, 0.3) is 0 Å². The number of hydrogen-bond acceptors (Lipinski definition) is 1. The van der Waals surface area contributed by atoms with Gasteiger partial charge in [-0.1, -0.05) is 5.69 Å². The molecule has 17 heavy (non-hydrogen) atoms. The van der Waals surface area contributed by atoms with Crippen LogP contribution in [0.2, 0.25) is 0 Å². The average molecular weight is 255 g/mol. The van der Waals surface area contributed by atoms with Crippen LogP contribution in [0.3, 0.4) is 0 Å². The fraction of sp³-hybridized carbons (Fsp3) is 0.600. The van der Waals surface area contributed by atoms with E-state index < -0.39 is 0 Å². The van der Waals surface area contributed by atoms with Crippen molar-refractivity contribution in [2.75, 3.05) is 4.90 Å². The molecule has 0 atom stereocenters. The standard InChI is InChI=1S/C15H22N.K/c1-14(2)11-8-12-15(3,4)16(14)13-9-6-5-7-10-13;/h5-6,9-10H,8,11-12H2,1-4H3;/q-1;+1. The van der Waals surface area contributed by atoms with E-state index in [9.17, 15) is 0 Å². The van der Waals surface area contributed by atoms with Gasteiger partial charge in [-0.2, -0.15) is 24.3 Å². The number of benzene rings is 1. The molecule has 0 unspecified atom stereocenters. The molecule has 0 spiro atoms. The minimum absolute atomic E-state index is 0. The van der Waals surface area contributed by atoms with Gasteiger partial charge in [0.2, 0.25) is 0 Å². The molecule has 1 aromatic rings. The molecule has 0 amide bonds. The molecule has 88 valence electrons. The Morgan fingerprint density at radius 2 is 1.71 bits per heavy atom. The summed E-state index contributed by atoms with van der Waals surface area (Å²) in [5.41, 5.74) is 1.80. The number of rotatable bonds is 1. The SMILES string of the molecule is CC1(C)CCCC(C)(C)N1c1c[c-]ccc1.[K+]. The van der Waals surface area contributed by atoms with Crippen molar-refractivity contribution in [3.05, 3.63) is 30.3 Å². The van der Waals surface area contributed by atoms with Crippen LogP contribution in [0.1, 0.15) is 47.0 Å². The zero-order chi connectivity index (χ0) is 11.8. The molecule has 0 radical (unpaired) electrons. The summed E-state index contributed by atoms with van der Waals surface area (Å²) in [5.74, 6) is 0. The van der Waals surface area contributed by atoms with Crippen LogP contribution in [0.4, 0.5) is 5.69 Å². The van der Waals surface area contributed by atoms with Gasteiger partial charge in [-0.15, -0.1) is 6.07 Å². The van der Waals surface area contributed by atoms with E-state index >= 15 is 0 Å². The number of hydrogen-bond donors (Lipinski definition) is 0. The van der Waals surface area contributed by atoms with E-state index in [1.807, 2.05) is 6.07 Å². The minimum atomic E-state index is 0. The van der Waals surface area contributed by atoms with Crippen LogP contribution in [0.15, 0.2) is 24.3 Å².